The van der Waals surface area contributed by atoms with Gasteiger partial charge in [0.15, 0.2) is 5.78 Å². The average molecular weight is 315 g/mol. The standard InChI is InChI=1S/C22H21NO/c1-15-7-5-6-10-19-18(15)11-12-21-20(22(19)24)13-17(14-23-21)16-8-3-2-4-9-16/h2-6,8-9,13-15H,7,10-12H2,1H3. The van der Waals surface area contributed by atoms with E-state index < -0.39 is 0 Å². The number of ketones is 1. The molecule has 2 aliphatic carbocycles. The zero-order valence-electron chi connectivity index (χ0n) is 14.0. The van der Waals surface area contributed by atoms with Crippen LogP contribution in [-0.2, 0) is 6.42 Å². The summed E-state index contributed by atoms with van der Waals surface area (Å²) in [5, 5.41) is 0. The number of aryl methyl sites for hydroxylation is 1. The van der Waals surface area contributed by atoms with E-state index in [4.69, 9.17) is 0 Å². The van der Waals surface area contributed by atoms with Gasteiger partial charge in [0.1, 0.15) is 0 Å². The SMILES string of the molecule is CC1CC=CCC2=C1CCc1ncc(-c3ccccc3)cc1C2=O. The van der Waals surface area contributed by atoms with Crippen LogP contribution in [0.25, 0.3) is 11.1 Å². The predicted molar refractivity (Wildman–Crippen MR) is 96.9 cm³/mol. The number of carbonyl (C=O) groups excluding carboxylic acids is 1. The van der Waals surface area contributed by atoms with Crippen molar-refractivity contribution < 1.29 is 4.79 Å². The molecule has 0 aliphatic heterocycles. The fraction of sp³-hybridized carbons (Fsp3) is 0.273. The Labute approximate surface area is 142 Å². The number of nitrogens with zero attached hydrogens (tertiary/aromatic N) is 1. The number of fused-ring (bicyclic) bond motifs is 1. The molecule has 0 saturated heterocycles. The van der Waals surface area contributed by atoms with Crippen molar-refractivity contribution in [1.82, 2.24) is 4.98 Å². The molecule has 0 radical (unpaired) electrons. The second-order valence-electron chi connectivity index (χ2n) is 6.73. The summed E-state index contributed by atoms with van der Waals surface area (Å²) in [7, 11) is 0. The number of hydrogen-bond acceptors (Lipinski definition) is 2. The van der Waals surface area contributed by atoms with Gasteiger partial charge in [-0.1, -0.05) is 55.0 Å². The highest BCUT2D eigenvalue weighted by atomic mass is 16.1. The Balaban J connectivity index is 1.80. The van der Waals surface area contributed by atoms with E-state index in [2.05, 4.69) is 36.2 Å². The summed E-state index contributed by atoms with van der Waals surface area (Å²) >= 11 is 0. The number of pyridine rings is 1. The lowest BCUT2D eigenvalue weighted by atomic mass is 9.89. The fourth-order valence-corrected chi connectivity index (χ4v) is 3.80. The number of benzene rings is 1. The molecule has 2 aromatic rings. The van der Waals surface area contributed by atoms with Gasteiger partial charge in [-0.3, -0.25) is 9.78 Å². The summed E-state index contributed by atoms with van der Waals surface area (Å²) in [6.45, 7) is 2.23. The molecule has 1 heterocycles. The van der Waals surface area contributed by atoms with Crippen LogP contribution in [0, 0.1) is 5.92 Å². The van der Waals surface area contributed by atoms with E-state index in [-0.39, 0.29) is 5.78 Å². The van der Waals surface area contributed by atoms with Crippen LogP contribution in [0.2, 0.25) is 0 Å². The largest absolute Gasteiger partial charge is 0.289 e. The van der Waals surface area contributed by atoms with E-state index in [0.29, 0.717) is 5.92 Å². The number of rotatable bonds is 1. The van der Waals surface area contributed by atoms with Gasteiger partial charge in [0.25, 0.3) is 0 Å². The van der Waals surface area contributed by atoms with Gasteiger partial charge in [-0.25, -0.2) is 0 Å². The maximum Gasteiger partial charge on any atom is 0.191 e. The minimum atomic E-state index is 0.182. The number of allylic oxidation sites excluding steroid dienone is 4. The average Bonchev–Trinajstić information content (AvgIpc) is 2.89. The molecule has 120 valence electrons. The fourth-order valence-electron chi connectivity index (χ4n) is 3.80. The lowest BCUT2D eigenvalue weighted by Crippen LogP contribution is -2.09. The van der Waals surface area contributed by atoms with Crippen molar-refractivity contribution in [3.8, 4) is 11.1 Å². The van der Waals surface area contributed by atoms with Crippen LogP contribution < -0.4 is 0 Å². The van der Waals surface area contributed by atoms with Crippen LogP contribution in [0.4, 0.5) is 0 Å². The van der Waals surface area contributed by atoms with Crippen LogP contribution in [0.3, 0.4) is 0 Å². The second kappa shape index (κ2) is 6.20. The van der Waals surface area contributed by atoms with Crippen molar-refractivity contribution in [3.05, 3.63) is 77.2 Å². The van der Waals surface area contributed by atoms with Gasteiger partial charge in [0, 0.05) is 22.9 Å². The summed E-state index contributed by atoms with van der Waals surface area (Å²) in [6, 6.07) is 12.2. The lowest BCUT2D eigenvalue weighted by molar-refractivity contribution is 0.103. The molecule has 1 aromatic heterocycles. The molecular formula is C22H21NO. The molecule has 1 unspecified atom stereocenters. The van der Waals surface area contributed by atoms with E-state index in [1.54, 1.807) is 0 Å². The van der Waals surface area contributed by atoms with Crippen molar-refractivity contribution in [1.29, 1.82) is 0 Å². The van der Waals surface area contributed by atoms with Crippen molar-refractivity contribution >= 4 is 5.78 Å². The van der Waals surface area contributed by atoms with Gasteiger partial charge in [-0.2, -0.15) is 0 Å². The Kier molecular flexibility index (Phi) is 3.89. The highest BCUT2D eigenvalue weighted by Gasteiger charge is 2.27. The minimum Gasteiger partial charge on any atom is -0.289 e. The molecule has 0 amide bonds. The molecule has 0 spiro atoms. The van der Waals surface area contributed by atoms with Crippen LogP contribution in [0.15, 0.2) is 65.9 Å². The van der Waals surface area contributed by atoms with Crippen molar-refractivity contribution in [2.45, 2.75) is 32.6 Å². The molecule has 0 fully saturated rings. The van der Waals surface area contributed by atoms with E-state index in [1.807, 2.05) is 30.5 Å². The molecule has 24 heavy (non-hydrogen) atoms. The van der Waals surface area contributed by atoms with Gasteiger partial charge < -0.3 is 0 Å². The molecular weight excluding hydrogens is 294 g/mol. The Morgan fingerprint density at radius 2 is 1.88 bits per heavy atom. The van der Waals surface area contributed by atoms with Gasteiger partial charge in [-0.15, -0.1) is 0 Å². The smallest absolute Gasteiger partial charge is 0.191 e. The monoisotopic (exact) mass is 315 g/mol. The highest BCUT2D eigenvalue weighted by molar-refractivity contribution is 6.11. The second-order valence-corrected chi connectivity index (χ2v) is 6.73. The molecule has 2 heteroatoms. The first-order valence-electron chi connectivity index (χ1n) is 8.70. The first-order chi connectivity index (χ1) is 11.7. The number of carbonyl (C=O) groups is 1. The summed E-state index contributed by atoms with van der Waals surface area (Å²) in [6.07, 6.45) is 9.87. The Bertz CT molecular complexity index is 846. The van der Waals surface area contributed by atoms with Crippen molar-refractivity contribution in [3.63, 3.8) is 0 Å². The van der Waals surface area contributed by atoms with Gasteiger partial charge >= 0.3 is 0 Å². The maximum atomic E-state index is 13.2. The molecule has 0 N–H and O–H groups in total. The normalized spacial score (nSPS) is 20.2. The topological polar surface area (TPSA) is 30.0 Å². The maximum absolute atomic E-state index is 13.2. The number of hydrogen-bond donors (Lipinski definition) is 0. The Morgan fingerprint density at radius 1 is 1.04 bits per heavy atom. The summed E-state index contributed by atoms with van der Waals surface area (Å²) in [5.41, 5.74) is 6.20. The number of aromatic nitrogens is 1. The Hall–Kier alpha value is -2.48. The minimum absolute atomic E-state index is 0.182. The van der Waals surface area contributed by atoms with Crippen molar-refractivity contribution in [2.24, 2.45) is 5.92 Å². The first kappa shape index (κ1) is 15.1. The Morgan fingerprint density at radius 3 is 2.71 bits per heavy atom. The summed E-state index contributed by atoms with van der Waals surface area (Å²) < 4.78 is 0. The molecule has 2 aliphatic rings. The van der Waals surface area contributed by atoms with Crippen LogP contribution in [0.5, 0.6) is 0 Å². The van der Waals surface area contributed by atoms with Crippen LogP contribution in [-0.4, -0.2) is 10.8 Å². The summed E-state index contributed by atoms with van der Waals surface area (Å²) in [4.78, 5) is 17.9. The zero-order valence-corrected chi connectivity index (χ0v) is 14.0. The third kappa shape index (κ3) is 2.62. The van der Waals surface area contributed by atoms with Crippen LogP contribution in [0.1, 0.15) is 42.2 Å². The van der Waals surface area contributed by atoms with E-state index in [9.17, 15) is 4.79 Å². The van der Waals surface area contributed by atoms with Gasteiger partial charge in [0.2, 0.25) is 0 Å². The molecule has 1 aromatic carbocycles. The number of Topliss-reactive ketones (excluding diaryl/α,β-unsaturated/α-hetero) is 1. The molecule has 2 nitrogen and oxygen atoms in total. The third-order valence-electron chi connectivity index (χ3n) is 5.19. The van der Waals surface area contributed by atoms with E-state index >= 15 is 0 Å². The predicted octanol–water partition coefficient (Wildman–Crippen LogP) is 5.16. The molecule has 0 saturated carbocycles. The highest BCUT2D eigenvalue weighted by Crippen LogP contribution is 2.35. The summed E-state index contributed by atoms with van der Waals surface area (Å²) in [5.74, 6) is 0.631. The molecule has 1 atom stereocenters. The van der Waals surface area contributed by atoms with Gasteiger partial charge in [0.05, 0.1) is 5.69 Å². The van der Waals surface area contributed by atoms with Crippen LogP contribution >= 0.6 is 0 Å². The van der Waals surface area contributed by atoms with E-state index in [1.165, 1.54) is 5.57 Å². The molecule has 0 bridgehead atoms. The zero-order chi connectivity index (χ0) is 16.5. The first-order valence-corrected chi connectivity index (χ1v) is 8.70. The lowest BCUT2D eigenvalue weighted by Gasteiger charge is -2.14. The quantitative estimate of drug-likeness (QED) is 0.680. The van der Waals surface area contributed by atoms with E-state index in [0.717, 1.165) is 53.6 Å². The molecule has 4 rings (SSSR count). The third-order valence-corrected chi connectivity index (χ3v) is 5.19. The van der Waals surface area contributed by atoms with Gasteiger partial charge in [-0.05, 0) is 43.2 Å². The van der Waals surface area contributed by atoms with Crippen molar-refractivity contribution in [2.75, 3.05) is 0 Å².